The molecule has 0 bridgehead atoms. The van der Waals surface area contributed by atoms with E-state index in [1.54, 1.807) is 30.3 Å². The molecule has 0 saturated carbocycles. The molecule has 1 saturated heterocycles. The van der Waals surface area contributed by atoms with Gasteiger partial charge in [-0.3, -0.25) is 4.79 Å². The van der Waals surface area contributed by atoms with Gasteiger partial charge >= 0.3 is 5.97 Å². The maximum Gasteiger partial charge on any atom is 0.337 e. The summed E-state index contributed by atoms with van der Waals surface area (Å²) >= 11 is 0. The number of nitrogens with one attached hydrogen (secondary N) is 1. The summed E-state index contributed by atoms with van der Waals surface area (Å²) in [5.74, 6) is -0.403. The number of carbonyl (C=O) groups is 1. The van der Waals surface area contributed by atoms with E-state index in [1.165, 1.54) is 0 Å². The summed E-state index contributed by atoms with van der Waals surface area (Å²) in [7, 11) is 0. The molecule has 2 heterocycles. The van der Waals surface area contributed by atoms with Crippen molar-refractivity contribution in [3.05, 3.63) is 69.4 Å². The first kappa shape index (κ1) is 22.9. The van der Waals surface area contributed by atoms with Gasteiger partial charge in [-0.25, -0.2) is 4.79 Å². The molecular formula is C27H32N2O4. The number of hydrogen-bond acceptors (Lipinski definition) is 5. The number of aryl methyl sites for hydroxylation is 1. The molecule has 6 nitrogen and oxygen atoms in total. The number of anilines is 2. The van der Waals surface area contributed by atoms with Crippen LogP contribution in [0.15, 0.2) is 51.7 Å². The van der Waals surface area contributed by atoms with Crippen molar-refractivity contribution >= 4 is 28.5 Å². The normalized spacial score (nSPS) is 16.1. The minimum absolute atomic E-state index is 0.0669. The highest BCUT2D eigenvalue weighted by Crippen LogP contribution is 2.36. The monoisotopic (exact) mass is 448 g/mol. The van der Waals surface area contributed by atoms with Crippen molar-refractivity contribution in [2.75, 3.05) is 23.3 Å². The lowest BCUT2D eigenvalue weighted by Crippen LogP contribution is -2.37. The molecule has 1 aromatic heterocycles. The fourth-order valence-electron chi connectivity index (χ4n) is 4.53. The van der Waals surface area contributed by atoms with E-state index in [1.807, 2.05) is 32.9 Å². The third kappa shape index (κ3) is 4.61. The van der Waals surface area contributed by atoms with Crippen molar-refractivity contribution in [1.29, 1.82) is 0 Å². The maximum atomic E-state index is 13.1. The molecule has 1 aliphatic rings. The van der Waals surface area contributed by atoms with Gasteiger partial charge in [0.2, 0.25) is 0 Å². The largest absolute Gasteiger partial charge is 0.478 e. The lowest BCUT2D eigenvalue weighted by Gasteiger charge is -2.37. The minimum atomic E-state index is -0.996. The number of rotatable bonds is 5. The first-order valence-electron chi connectivity index (χ1n) is 11.4. The molecule has 33 heavy (non-hydrogen) atoms. The van der Waals surface area contributed by atoms with Gasteiger partial charge in [0.25, 0.3) is 0 Å². The number of fused-ring (bicyclic) bond motifs is 1. The number of nitrogens with zero attached hydrogens (tertiary/aromatic N) is 1. The zero-order chi connectivity index (χ0) is 24.0. The summed E-state index contributed by atoms with van der Waals surface area (Å²) in [6.45, 7) is 12.1. The predicted molar refractivity (Wildman–Crippen MR) is 132 cm³/mol. The topological polar surface area (TPSA) is 82.8 Å². The number of benzene rings is 2. The van der Waals surface area contributed by atoms with E-state index < -0.39 is 11.5 Å². The molecule has 0 aliphatic carbocycles. The highest BCUT2D eigenvalue weighted by Gasteiger charge is 2.30. The van der Waals surface area contributed by atoms with Gasteiger partial charge in [-0.2, -0.15) is 0 Å². The predicted octanol–water partition coefficient (Wildman–Crippen LogP) is 5.77. The van der Waals surface area contributed by atoms with E-state index in [9.17, 15) is 14.7 Å². The Balaban J connectivity index is 1.81. The molecule has 0 radical (unpaired) electrons. The number of hydrogen-bond donors (Lipinski definition) is 2. The molecule has 6 heteroatoms. The fourth-order valence-corrected chi connectivity index (χ4v) is 4.53. The van der Waals surface area contributed by atoms with Gasteiger partial charge in [-0.05, 0) is 68.9 Å². The lowest BCUT2D eigenvalue weighted by molar-refractivity contribution is 0.0698. The molecule has 4 rings (SSSR count). The summed E-state index contributed by atoms with van der Waals surface area (Å²) in [6.07, 6.45) is 2.07. The van der Waals surface area contributed by atoms with E-state index in [-0.39, 0.29) is 11.0 Å². The Morgan fingerprint density at radius 2 is 1.79 bits per heavy atom. The Morgan fingerprint density at radius 3 is 2.45 bits per heavy atom. The van der Waals surface area contributed by atoms with Crippen LogP contribution in [-0.4, -0.2) is 24.2 Å². The minimum Gasteiger partial charge on any atom is -0.478 e. The molecule has 174 valence electrons. The van der Waals surface area contributed by atoms with Crippen LogP contribution in [0.25, 0.3) is 11.0 Å². The molecular weight excluding hydrogens is 416 g/mol. The highest BCUT2D eigenvalue weighted by molar-refractivity contribution is 5.94. The van der Waals surface area contributed by atoms with Crippen molar-refractivity contribution in [1.82, 2.24) is 0 Å². The van der Waals surface area contributed by atoms with E-state index >= 15 is 0 Å². The number of para-hydroxylation sites is 1. The molecule has 3 aromatic rings. The maximum absolute atomic E-state index is 13.1. The zero-order valence-electron chi connectivity index (χ0n) is 20.0. The third-order valence-electron chi connectivity index (χ3n) is 6.67. The smallest absolute Gasteiger partial charge is 0.337 e. The molecule has 2 N–H and O–H groups in total. The Morgan fingerprint density at radius 1 is 1.12 bits per heavy atom. The van der Waals surface area contributed by atoms with Crippen molar-refractivity contribution in [3.63, 3.8) is 0 Å². The Labute approximate surface area is 194 Å². The van der Waals surface area contributed by atoms with Gasteiger partial charge in [0.15, 0.2) is 11.3 Å². The summed E-state index contributed by atoms with van der Waals surface area (Å²) in [5, 5.41) is 13.5. The number of aromatic carboxylic acids is 1. The summed E-state index contributed by atoms with van der Waals surface area (Å²) in [5.41, 5.74) is 2.53. The van der Waals surface area contributed by atoms with Gasteiger partial charge in [-0.1, -0.05) is 26.0 Å². The number of carboxylic acids is 1. The van der Waals surface area contributed by atoms with Crippen LogP contribution in [0.1, 0.15) is 62.0 Å². The van der Waals surface area contributed by atoms with Gasteiger partial charge in [0, 0.05) is 30.4 Å². The second-order valence-corrected chi connectivity index (χ2v) is 10.4. The number of piperidine rings is 1. The zero-order valence-corrected chi connectivity index (χ0v) is 20.0. The van der Waals surface area contributed by atoms with Crippen molar-refractivity contribution in [2.24, 2.45) is 5.41 Å². The van der Waals surface area contributed by atoms with Gasteiger partial charge < -0.3 is 19.7 Å². The summed E-state index contributed by atoms with van der Waals surface area (Å²) in [6, 6.07) is 12.3. The SMILES string of the molecule is Cc1cc(C(C)(C)Nc2ccccc2C(=O)O)c2oc(N3CCC(C)(C)CC3)cc(=O)c2c1. The quantitative estimate of drug-likeness (QED) is 0.515. The molecule has 0 unspecified atom stereocenters. The highest BCUT2D eigenvalue weighted by atomic mass is 16.4. The first-order valence-corrected chi connectivity index (χ1v) is 11.4. The molecule has 1 fully saturated rings. The van der Waals surface area contributed by atoms with Crippen LogP contribution in [0.2, 0.25) is 0 Å². The number of carboxylic acid groups (broad SMARTS) is 1. The molecule has 0 spiro atoms. The van der Waals surface area contributed by atoms with E-state index in [2.05, 4.69) is 24.1 Å². The fraction of sp³-hybridized carbons (Fsp3) is 0.407. The van der Waals surface area contributed by atoms with Crippen LogP contribution in [0.4, 0.5) is 11.6 Å². The van der Waals surface area contributed by atoms with Crippen LogP contribution in [0.3, 0.4) is 0 Å². The Kier molecular flexibility index (Phi) is 5.72. The van der Waals surface area contributed by atoms with Crippen molar-refractivity contribution in [2.45, 2.75) is 53.0 Å². The van der Waals surface area contributed by atoms with Gasteiger partial charge in [-0.15, -0.1) is 0 Å². The second kappa shape index (κ2) is 8.25. The molecule has 1 aliphatic heterocycles. The van der Waals surface area contributed by atoms with Crippen LogP contribution in [0.5, 0.6) is 0 Å². The van der Waals surface area contributed by atoms with Crippen molar-refractivity contribution in [3.8, 4) is 0 Å². The van der Waals surface area contributed by atoms with E-state index in [4.69, 9.17) is 4.42 Å². The van der Waals surface area contributed by atoms with E-state index in [0.29, 0.717) is 28.0 Å². The molecule has 0 atom stereocenters. The van der Waals surface area contributed by atoms with Crippen molar-refractivity contribution < 1.29 is 14.3 Å². The average molecular weight is 449 g/mol. The Hall–Kier alpha value is -3.28. The Bertz CT molecular complexity index is 1260. The van der Waals surface area contributed by atoms with Crippen LogP contribution >= 0.6 is 0 Å². The first-order chi connectivity index (χ1) is 15.5. The van der Waals surface area contributed by atoms with E-state index in [0.717, 1.165) is 37.1 Å². The van der Waals surface area contributed by atoms with Gasteiger partial charge in [0.1, 0.15) is 5.58 Å². The third-order valence-corrected chi connectivity index (χ3v) is 6.67. The average Bonchev–Trinajstić information content (AvgIpc) is 2.73. The van der Waals surface area contributed by atoms with Gasteiger partial charge in [0.05, 0.1) is 16.5 Å². The summed E-state index contributed by atoms with van der Waals surface area (Å²) in [4.78, 5) is 27.0. The molecule has 2 aromatic carbocycles. The standard InChI is InChI=1S/C27H32N2O4/c1-17-14-19-22(30)16-23(29-12-10-26(2,3)11-13-29)33-24(19)20(15-17)27(4,5)28-21-9-7-6-8-18(21)25(31)32/h6-9,14-16,28H,10-13H2,1-5H3,(H,31,32). The lowest BCUT2D eigenvalue weighted by atomic mass is 9.83. The second-order valence-electron chi connectivity index (χ2n) is 10.4. The van der Waals surface area contributed by atoms with Crippen LogP contribution in [0, 0.1) is 12.3 Å². The van der Waals surface area contributed by atoms with Crippen LogP contribution < -0.4 is 15.6 Å². The molecule has 0 amide bonds. The summed E-state index contributed by atoms with van der Waals surface area (Å²) < 4.78 is 6.41. The van der Waals surface area contributed by atoms with Crippen LogP contribution in [-0.2, 0) is 5.54 Å².